The predicted molar refractivity (Wildman–Crippen MR) is 93.4 cm³/mol. The van der Waals surface area contributed by atoms with E-state index in [1.54, 1.807) is 4.90 Å². The van der Waals surface area contributed by atoms with Gasteiger partial charge in [-0.1, -0.05) is 6.07 Å². The van der Waals surface area contributed by atoms with Crippen LogP contribution in [0.1, 0.15) is 24.2 Å². The molecule has 0 saturated carbocycles. The highest BCUT2D eigenvalue weighted by Crippen LogP contribution is 2.19. The topological polar surface area (TPSA) is 70.4 Å². The highest BCUT2D eigenvalue weighted by Gasteiger charge is 2.23. The molecule has 2 heterocycles. The number of likely N-dealkylation sites (tertiary alicyclic amines) is 1. The Morgan fingerprint density at radius 3 is 2.92 bits per heavy atom. The standard InChI is InChI=1S/C18H24N4O2/c1-13-9-14(2)22(20-13)17-7-3-6-16(10-17)19-18(24)21-8-4-5-15(11-21)12-23/h3,6-7,9-10,15,23H,4-5,8,11-12H2,1-2H3,(H,19,24). The van der Waals surface area contributed by atoms with Crippen LogP contribution in [-0.4, -0.2) is 45.5 Å². The number of benzene rings is 1. The average molecular weight is 328 g/mol. The second-order valence-corrected chi connectivity index (χ2v) is 6.46. The van der Waals surface area contributed by atoms with Crippen molar-refractivity contribution in [1.29, 1.82) is 0 Å². The van der Waals surface area contributed by atoms with Crippen LogP contribution < -0.4 is 5.32 Å². The van der Waals surface area contributed by atoms with Crippen LogP contribution in [0.15, 0.2) is 30.3 Å². The van der Waals surface area contributed by atoms with Gasteiger partial charge in [-0.2, -0.15) is 5.10 Å². The number of piperidine rings is 1. The van der Waals surface area contributed by atoms with Gasteiger partial charge in [0, 0.05) is 31.1 Å². The maximum atomic E-state index is 12.5. The van der Waals surface area contributed by atoms with Gasteiger partial charge in [0.05, 0.1) is 11.4 Å². The van der Waals surface area contributed by atoms with Gasteiger partial charge in [-0.3, -0.25) is 0 Å². The summed E-state index contributed by atoms with van der Waals surface area (Å²) >= 11 is 0. The van der Waals surface area contributed by atoms with Crippen molar-refractivity contribution in [1.82, 2.24) is 14.7 Å². The number of amides is 2. The number of hydrogen-bond acceptors (Lipinski definition) is 3. The van der Waals surface area contributed by atoms with E-state index in [-0.39, 0.29) is 18.6 Å². The minimum Gasteiger partial charge on any atom is -0.396 e. The Bertz CT molecular complexity index is 726. The van der Waals surface area contributed by atoms with E-state index in [4.69, 9.17) is 0 Å². The molecule has 128 valence electrons. The van der Waals surface area contributed by atoms with Crippen molar-refractivity contribution in [2.75, 3.05) is 25.0 Å². The van der Waals surface area contributed by atoms with E-state index in [0.29, 0.717) is 6.54 Å². The van der Waals surface area contributed by atoms with E-state index < -0.39 is 0 Å². The molecular weight excluding hydrogens is 304 g/mol. The smallest absolute Gasteiger partial charge is 0.321 e. The number of rotatable bonds is 3. The first-order chi connectivity index (χ1) is 11.6. The van der Waals surface area contributed by atoms with Crippen molar-refractivity contribution in [2.45, 2.75) is 26.7 Å². The molecule has 2 amide bonds. The lowest BCUT2D eigenvalue weighted by Crippen LogP contribution is -2.43. The highest BCUT2D eigenvalue weighted by atomic mass is 16.3. The van der Waals surface area contributed by atoms with Crippen LogP contribution in [-0.2, 0) is 0 Å². The Kier molecular flexibility index (Phi) is 4.85. The van der Waals surface area contributed by atoms with E-state index in [2.05, 4.69) is 10.4 Å². The number of urea groups is 1. The molecule has 3 rings (SSSR count). The number of aromatic nitrogens is 2. The molecule has 1 unspecified atom stereocenters. The van der Waals surface area contributed by atoms with Gasteiger partial charge in [-0.05, 0) is 56.9 Å². The summed E-state index contributed by atoms with van der Waals surface area (Å²) < 4.78 is 1.87. The van der Waals surface area contributed by atoms with Gasteiger partial charge in [0.15, 0.2) is 0 Å². The molecule has 1 atom stereocenters. The number of nitrogens with zero attached hydrogens (tertiary/aromatic N) is 3. The van der Waals surface area contributed by atoms with Crippen molar-refractivity contribution in [3.05, 3.63) is 41.7 Å². The maximum absolute atomic E-state index is 12.5. The molecule has 1 aromatic carbocycles. The van der Waals surface area contributed by atoms with E-state index in [1.807, 2.05) is 48.9 Å². The first-order valence-corrected chi connectivity index (χ1v) is 8.37. The number of anilines is 1. The zero-order chi connectivity index (χ0) is 17.1. The van der Waals surface area contributed by atoms with Crippen molar-refractivity contribution in [3.63, 3.8) is 0 Å². The Balaban J connectivity index is 1.72. The third-order valence-corrected chi connectivity index (χ3v) is 4.42. The Morgan fingerprint density at radius 2 is 2.21 bits per heavy atom. The monoisotopic (exact) mass is 328 g/mol. The third kappa shape index (κ3) is 3.59. The lowest BCUT2D eigenvalue weighted by molar-refractivity contribution is 0.136. The summed E-state index contributed by atoms with van der Waals surface area (Å²) in [6, 6.07) is 9.59. The Labute approximate surface area is 142 Å². The van der Waals surface area contributed by atoms with Crippen LogP contribution in [0.2, 0.25) is 0 Å². The number of aliphatic hydroxyl groups excluding tert-OH is 1. The molecule has 2 N–H and O–H groups in total. The van der Waals surface area contributed by atoms with Crippen molar-refractivity contribution < 1.29 is 9.90 Å². The van der Waals surface area contributed by atoms with Crippen LogP contribution in [0, 0.1) is 19.8 Å². The van der Waals surface area contributed by atoms with Crippen LogP contribution in [0.4, 0.5) is 10.5 Å². The lowest BCUT2D eigenvalue weighted by atomic mass is 9.99. The highest BCUT2D eigenvalue weighted by molar-refractivity contribution is 5.89. The van der Waals surface area contributed by atoms with E-state index >= 15 is 0 Å². The van der Waals surface area contributed by atoms with Crippen molar-refractivity contribution in [3.8, 4) is 5.69 Å². The summed E-state index contributed by atoms with van der Waals surface area (Å²) in [5.41, 5.74) is 3.68. The van der Waals surface area contributed by atoms with Crippen LogP contribution in [0.25, 0.3) is 5.69 Å². The van der Waals surface area contributed by atoms with Gasteiger partial charge in [-0.25, -0.2) is 9.48 Å². The molecule has 0 bridgehead atoms. The first kappa shape index (κ1) is 16.5. The van der Waals surface area contributed by atoms with E-state index in [0.717, 1.165) is 42.1 Å². The van der Waals surface area contributed by atoms with Gasteiger partial charge < -0.3 is 15.3 Å². The number of carbonyl (C=O) groups is 1. The largest absolute Gasteiger partial charge is 0.396 e. The summed E-state index contributed by atoms with van der Waals surface area (Å²) in [7, 11) is 0. The molecule has 1 saturated heterocycles. The molecule has 1 aromatic heterocycles. The minimum atomic E-state index is -0.112. The van der Waals surface area contributed by atoms with Gasteiger partial charge in [0.2, 0.25) is 0 Å². The Hall–Kier alpha value is -2.34. The number of aryl methyl sites for hydroxylation is 2. The molecule has 1 aliphatic heterocycles. The van der Waals surface area contributed by atoms with Crippen LogP contribution in [0.5, 0.6) is 0 Å². The number of carbonyl (C=O) groups excluding carboxylic acids is 1. The predicted octanol–water partition coefficient (Wildman–Crippen LogP) is 2.73. The van der Waals surface area contributed by atoms with Gasteiger partial charge in [0.25, 0.3) is 0 Å². The van der Waals surface area contributed by atoms with Crippen LogP contribution >= 0.6 is 0 Å². The fourth-order valence-electron chi connectivity index (χ4n) is 3.21. The lowest BCUT2D eigenvalue weighted by Gasteiger charge is -2.31. The molecule has 6 heteroatoms. The molecule has 2 aromatic rings. The molecule has 1 fully saturated rings. The summed E-state index contributed by atoms with van der Waals surface area (Å²) in [6.45, 7) is 5.45. The fraction of sp³-hybridized carbons (Fsp3) is 0.444. The van der Waals surface area contributed by atoms with E-state index in [1.165, 1.54) is 0 Å². The van der Waals surface area contributed by atoms with Crippen molar-refractivity contribution >= 4 is 11.7 Å². The summed E-state index contributed by atoms with van der Waals surface area (Å²) in [4.78, 5) is 14.2. The second-order valence-electron chi connectivity index (χ2n) is 6.46. The zero-order valence-electron chi connectivity index (χ0n) is 14.2. The molecule has 24 heavy (non-hydrogen) atoms. The van der Waals surface area contributed by atoms with Gasteiger partial charge in [-0.15, -0.1) is 0 Å². The third-order valence-electron chi connectivity index (χ3n) is 4.42. The first-order valence-electron chi connectivity index (χ1n) is 8.37. The quantitative estimate of drug-likeness (QED) is 0.910. The average Bonchev–Trinajstić information content (AvgIpc) is 2.93. The number of aliphatic hydroxyl groups is 1. The minimum absolute atomic E-state index is 0.112. The van der Waals surface area contributed by atoms with Gasteiger partial charge >= 0.3 is 6.03 Å². The maximum Gasteiger partial charge on any atom is 0.321 e. The molecule has 0 aliphatic carbocycles. The molecule has 6 nitrogen and oxygen atoms in total. The number of nitrogens with one attached hydrogen (secondary N) is 1. The summed E-state index contributed by atoms with van der Waals surface area (Å²) in [5, 5.41) is 16.7. The van der Waals surface area contributed by atoms with Crippen molar-refractivity contribution in [2.24, 2.45) is 5.92 Å². The Morgan fingerprint density at radius 1 is 1.38 bits per heavy atom. The second kappa shape index (κ2) is 7.05. The zero-order valence-corrected chi connectivity index (χ0v) is 14.2. The molecule has 0 radical (unpaired) electrons. The normalized spacial score (nSPS) is 17.8. The summed E-state index contributed by atoms with van der Waals surface area (Å²) in [6.07, 6.45) is 1.91. The molecule has 1 aliphatic rings. The van der Waals surface area contributed by atoms with E-state index in [9.17, 15) is 9.90 Å². The van der Waals surface area contributed by atoms with Gasteiger partial charge in [0.1, 0.15) is 0 Å². The molecule has 0 spiro atoms. The summed E-state index contributed by atoms with van der Waals surface area (Å²) in [5.74, 6) is 0.186. The fourth-order valence-corrected chi connectivity index (χ4v) is 3.21. The SMILES string of the molecule is Cc1cc(C)n(-c2cccc(NC(=O)N3CCCC(CO)C3)c2)n1. The van der Waals surface area contributed by atoms with Crippen LogP contribution in [0.3, 0.4) is 0 Å². The number of hydrogen-bond donors (Lipinski definition) is 2. The molecular formula is C18H24N4O2.